The van der Waals surface area contributed by atoms with Gasteiger partial charge in [-0.3, -0.25) is 0 Å². The van der Waals surface area contributed by atoms with E-state index >= 15 is 0 Å². The molecule has 1 N–H and O–H groups in total. The Bertz CT molecular complexity index is 116. The quantitative estimate of drug-likeness (QED) is 0.568. The van der Waals surface area contributed by atoms with Gasteiger partial charge in [0.2, 0.25) is 0 Å². The molecule has 0 amide bonds. The third-order valence-electron chi connectivity index (χ3n) is 2.01. The van der Waals surface area contributed by atoms with Crippen LogP contribution in [0.1, 0.15) is 20.3 Å². The Morgan fingerprint density at radius 3 is 2.64 bits per heavy atom. The first kappa shape index (κ1) is 8.97. The normalized spacial score (nSPS) is 41.2. The molecule has 3 atom stereocenters. The Labute approximate surface area is 67.3 Å². The fourth-order valence-electron chi connectivity index (χ4n) is 1.44. The van der Waals surface area contributed by atoms with Crippen LogP contribution < -0.4 is 0 Å². The number of aliphatic hydroxyl groups excluding tert-OH is 1. The highest BCUT2D eigenvalue weighted by atomic mass is 16.7. The van der Waals surface area contributed by atoms with Crippen LogP contribution in [0.3, 0.4) is 0 Å². The summed E-state index contributed by atoms with van der Waals surface area (Å²) in [7, 11) is 0. The summed E-state index contributed by atoms with van der Waals surface area (Å²) in [5.41, 5.74) is 0. The van der Waals surface area contributed by atoms with Crippen LogP contribution in [-0.2, 0) is 9.47 Å². The fourth-order valence-corrected chi connectivity index (χ4v) is 1.44. The van der Waals surface area contributed by atoms with Crippen LogP contribution >= 0.6 is 0 Å². The van der Waals surface area contributed by atoms with Crippen molar-refractivity contribution in [3.8, 4) is 0 Å². The van der Waals surface area contributed by atoms with Crippen molar-refractivity contribution in [3.05, 3.63) is 0 Å². The highest BCUT2D eigenvalue weighted by molar-refractivity contribution is 4.81. The highest BCUT2D eigenvalue weighted by Gasteiger charge is 2.40. The van der Waals surface area contributed by atoms with Crippen LogP contribution in [0.4, 0.5) is 0 Å². The summed E-state index contributed by atoms with van der Waals surface area (Å²) in [4.78, 5) is 0. The lowest BCUT2D eigenvalue weighted by atomic mass is 10.0. The topological polar surface area (TPSA) is 38.7 Å². The van der Waals surface area contributed by atoms with Crippen LogP contribution in [-0.4, -0.2) is 30.7 Å². The summed E-state index contributed by atoms with van der Waals surface area (Å²) in [6.07, 6.45) is 0.573. The van der Waals surface area contributed by atoms with Crippen molar-refractivity contribution >= 4 is 0 Å². The Morgan fingerprint density at radius 2 is 2.00 bits per heavy atom. The van der Waals surface area contributed by atoms with Crippen LogP contribution in [0.25, 0.3) is 0 Å². The third kappa shape index (κ3) is 1.72. The molecule has 2 heterocycles. The molecule has 0 spiro atoms. The zero-order valence-corrected chi connectivity index (χ0v) is 7.12. The molecule has 3 nitrogen and oxygen atoms in total. The molecule has 0 radical (unpaired) electrons. The van der Waals surface area contributed by atoms with Gasteiger partial charge in [-0.05, 0) is 6.42 Å². The number of aliphatic hydroxyl groups is 1. The predicted octanol–water partition coefficient (Wildman–Crippen LogP) is 0.766. The van der Waals surface area contributed by atoms with Gasteiger partial charge in [0, 0.05) is 5.92 Å². The van der Waals surface area contributed by atoms with Gasteiger partial charge < -0.3 is 14.6 Å². The second-order valence-corrected chi connectivity index (χ2v) is 2.59. The molecule has 2 fully saturated rings. The Kier molecular flexibility index (Phi) is 3.30. The van der Waals surface area contributed by atoms with Gasteiger partial charge in [-0.15, -0.1) is 0 Å². The van der Waals surface area contributed by atoms with Crippen molar-refractivity contribution in [3.63, 3.8) is 0 Å². The fraction of sp³-hybridized carbons (Fsp3) is 1.00. The molecular formula is C8H16O3. The van der Waals surface area contributed by atoms with E-state index in [1.54, 1.807) is 0 Å². The maximum Gasteiger partial charge on any atom is 0.163 e. The average Bonchev–Trinajstić information content (AvgIpc) is 2.60. The molecule has 2 aliphatic rings. The first-order chi connectivity index (χ1) is 5.38. The van der Waals surface area contributed by atoms with Crippen molar-refractivity contribution < 1.29 is 14.6 Å². The average molecular weight is 160 g/mol. The Morgan fingerprint density at radius 1 is 1.27 bits per heavy atom. The summed E-state index contributed by atoms with van der Waals surface area (Å²) < 4.78 is 10.3. The highest BCUT2D eigenvalue weighted by Crippen LogP contribution is 2.30. The molecule has 3 heteroatoms. The largest absolute Gasteiger partial charge is 0.390 e. The van der Waals surface area contributed by atoms with Gasteiger partial charge in [0.25, 0.3) is 0 Å². The molecule has 0 aliphatic carbocycles. The van der Waals surface area contributed by atoms with Gasteiger partial charge in [0.05, 0.1) is 19.3 Å². The molecular weight excluding hydrogens is 144 g/mol. The van der Waals surface area contributed by atoms with E-state index in [1.807, 2.05) is 13.8 Å². The van der Waals surface area contributed by atoms with Crippen LogP contribution in [0, 0.1) is 5.92 Å². The minimum atomic E-state index is -0.280. The number of ether oxygens (including phenoxy) is 2. The second kappa shape index (κ2) is 4.04. The summed E-state index contributed by atoms with van der Waals surface area (Å²) in [6.45, 7) is 5.20. The SMILES string of the molecule is CC.OC1CO[C@H]2OCC[C@@H]12. The number of hydrogen-bond donors (Lipinski definition) is 1. The summed E-state index contributed by atoms with van der Waals surface area (Å²) >= 11 is 0. The van der Waals surface area contributed by atoms with E-state index in [1.165, 1.54) is 0 Å². The van der Waals surface area contributed by atoms with Crippen molar-refractivity contribution in [1.29, 1.82) is 0 Å². The zero-order valence-electron chi connectivity index (χ0n) is 7.12. The molecule has 66 valence electrons. The molecule has 0 aromatic carbocycles. The molecule has 2 aliphatic heterocycles. The zero-order chi connectivity index (χ0) is 8.27. The van der Waals surface area contributed by atoms with Gasteiger partial charge in [-0.1, -0.05) is 13.8 Å². The Balaban J connectivity index is 0.000000281. The molecule has 2 saturated heterocycles. The maximum atomic E-state index is 9.19. The van der Waals surface area contributed by atoms with E-state index in [9.17, 15) is 5.11 Å². The molecule has 0 bridgehead atoms. The van der Waals surface area contributed by atoms with E-state index in [4.69, 9.17) is 9.47 Å². The smallest absolute Gasteiger partial charge is 0.163 e. The van der Waals surface area contributed by atoms with E-state index in [0.717, 1.165) is 13.0 Å². The van der Waals surface area contributed by atoms with E-state index < -0.39 is 0 Å². The first-order valence-corrected chi connectivity index (χ1v) is 4.29. The second-order valence-electron chi connectivity index (χ2n) is 2.59. The van der Waals surface area contributed by atoms with Crippen molar-refractivity contribution in [2.75, 3.05) is 13.2 Å². The van der Waals surface area contributed by atoms with Gasteiger partial charge in [-0.25, -0.2) is 0 Å². The molecule has 0 aromatic rings. The molecule has 1 unspecified atom stereocenters. The minimum Gasteiger partial charge on any atom is -0.390 e. The lowest BCUT2D eigenvalue weighted by molar-refractivity contribution is -0.0907. The van der Waals surface area contributed by atoms with Crippen LogP contribution in [0.5, 0.6) is 0 Å². The molecule has 0 aromatic heterocycles. The minimum absolute atomic E-state index is 0.0972. The standard InChI is InChI=1S/C6H10O3.C2H6/c7-5-3-9-6-4(5)1-2-8-6;1-2/h4-7H,1-3H2;1-2H3/t4-,5?,6+;/m0./s1. The van der Waals surface area contributed by atoms with Crippen molar-refractivity contribution in [1.82, 2.24) is 0 Å². The molecule has 2 rings (SSSR count). The van der Waals surface area contributed by atoms with Gasteiger partial charge in [0.1, 0.15) is 0 Å². The predicted molar refractivity (Wildman–Crippen MR) is 41.2 cm³/mol. The molecule has 0 saturated carbocycles. The van der Waals surface area contributed by atoms with Crippen LogP contribution in [0.15, 0.2) is 0 Å². The molecule has 11 heavy (non-hydrogen) atoms. The van der Waals surface area contributed by atoms with Crippen LogP contribution in [0.2, 0.25) is 0 Å². The summed E-state index contributed by atoms with van der Waals surface area (Å²) in [5.74, 6) is 0.255. The van der Waals surface area contributed by atoms with Crippen molar-refractivity contribution in [2.24, 2.45) is 5.92 Å². The Hall–Kier alpha value is -0.120. The first-order valence-electron chi connectivity index (χ1n) is 4.29. The monoisotopic (exact) mass is 160 g/mol. The van der Waals surface area contributed by atoms with Crippen molar-refractivity contribution in [2.45, 2.75) is 32.7 Å². The van der Waals surface area contributed by atoms with Gasteiger partial charge in [-0.2, -0.15) is 0 Å². The summed E-state index contributed by atoms with van der Waals surface area (Å²) in [6, 6.07) is 0. The maximum absolute atomic E-state index is 9.19. The van der Waals surface area contributed by atoms with Gasteiger partial charge >= 0.3 is 0 Å². The lowest BCUT2D eigenvalue weighted by Gasteiger charge is -2.06. The number of hydrogen-bond acceptors (Lipinski definition) is 3. The van der Waals surface area contributed by atoms with E-state index in [2.05, 4.69) is 0 Å². The summed E-state index contributed by atoms with van der Waals surface area (Å²) in [5, 5.41) is 9.19. The number of fused-ring (bicyclic) bond motifs is 1. The lowest BCUT2D eigenvalue weighted by Crippen LogP contribution is -2.18. The van der Waals surface area contributed by atoms with E-state index in [0.29, 0.717) is 6.61 Å². The van der Waals surface area contributed by atoms with Gasteiger partial charge in [0.15, 0.2) is 6.29 Å². The van der Waals surface area contributed by atoms with E-state index in [-0.39, 0.29) is 18.3 Å². The number of rotatable bonds is 0. The third-order valence-corrected chi connectivity index (χ3v) is 2.01.